The molecule has 4 rings (SSSR count). The number of fused-ring (bicyclic) bond motifs is 1. The van der Waals surface area contributed by atoms with Crippen molar-refractivity contribution in [3.63, 3.8) is 0 Å². The second kappa shape index (κ2) is 4.37. The molecule has 2 aromatic rings. The summed E-state index contributed by atoms with van der Waals surface area (Å²) in [7, 11) is 0. The number of rotatable bonds is 3. The number of carbonyl (C=O) groups is 1. The molecule has 2 aliphatic rings. The first kappa shape index (κ1) is 11.5. The van der Waals surface area contributed by atoms with Gasteiger partial charge in [-0.3, -0.25) is 4.79 Å². The highest BCUT2D eigenvalue weighted by molar-refractivity contribution is 7.20. The summed E-state index contributed by atoms with van der Waals surface area (Å²) >= 11 is 1.62. The number of hydrogen-bond donors (Lipinski definition) is 1. The van der Waals surface area contributed by atoms with E-state index >= 15 is 0 Å². The fourth-order valence-corrected chi connectivity index (χ4v) is 3.94. The van der Waals surface area contributed by atoms with E-state index in [0.29, 0.717) is 12.1 Å². The molecular weight excluding hydrogens is 256 g/mol. The summed E-state index contributed by atoms with van der Waals surface area (Å²) in [5.41, 5.74) is 0. The van der Waals surface area contributed by atoms with Crippen molar-refractivity contribution < 1.29 is 4.79 Å². The monoisotopic (exact) mass is 274 g/mol. The predicted octanol–water partition coefficient (Wildman–Crippen LogP) is 3.71. The lowest BCUT2D eigenvalue weighted by atomic mass is 10.2. The molecule has 4 heteroatoms. The molecule has 2 fully saturated rings. The smallest absolute Gasteiger partial charge is 0.261 e. The molecule has 2 aromatic heterocycles. The van der Waals surface area contributed by atoms with Crippen LogP contribution in [-0.4, -0.2) is 16.5 Å². The van der Waals surface area contributed by atoms with Crippen LogP contribution >= 0.6 is 11.3 Å². The number of nitrogens with zero attached hydrogens (tertiary/aromatic N) is 1. The maximum absolute atomic E-state index is 12.0. The Morgan fingerprint density at radius 2 is 2.00 bits per heavy atom. The fourth-order valence-electron chi connectivity index (χ4n) is 2.96. The van der Waals surface area contributed by atoms with Gasteiger partial charge in [0, 0.05) is 29.9 Å². The molecule has 1 N–H and O–H groups in total. The van der Waals surface area contributed by atoms with E-state index < -0.39 is 0 Å². The number of nitrogens with one attached hydrogen (secondary N) is 1. The number of aromatic nitrogens is 1. The molecular formula is C15H18N2OS. The van der Waals surface area contributed by atoms with E-state index in [1.54, 1.807) is 11.3 Å². The van der Waals surface area contributed by atoms with E-state index in [-0.39, 0.29) is 5.91 Å². The van der Waals surface area contributed by atoms with E-state index in [1.165, 1.54) is 35.8 Å². The van der Waals surface area contributed by atoms with Crippen molar-refractivity contribution in [1.29, 1.82) is 0 Å². The largest absolute Gasteiger partial charge is 0.349 e. The molecule has 0 atom stereocenters. The molecule has 0 saturated heterocycles. The first-order chi connectivity index (χ1) is 9.29. The third kappa shape index (κ3) is 2.18. The van der Waals surface area contributed by atoms with Crippen LogP contribution in [-0.2, 0) is 0 Å². The molecule has 0 aromatic carbocycles. The molecule has 100 valence electrons. The van der Waals surface area contributed by atoms with Crippen LogP contribution in [0.25, 0.3) is 10.1 Å². The predicted molar refractivity (Wildman–Crippen MR) is 77.8 cm³/mol. The van der Waals surface area contributed by atoms with Gasteiger partial charge < -0.3 is 9.88 Å². The van der Waals surface area contributed by atoms with Crippen LogP contribution in [0.5, 0.6) is 0 Å². The highest BCUT2D eigenvalue weighted by atomic mass is 32.1. The Hall–Kier alpha value is -1.29. The Morgan fingerprint density at radius 3 is 2.68 bits per heavy atom. The molecule has 19 heavy (non-hydrogen) atoms. The fraction of sp³-hybridized carbons (Fsp3) is 0.533. The van der Waals surface area contributed by atoms with Gasteiger partial charge in [0.15, 0.2) is 0 Å². The summed E-state index contributed by atoms with van der Waals surface area (Å²) in [6.07, 6.45) is 12.0. The molecule has 1 amide bonds. The Kier molecular flexibility index (Phi) is 2.65. The second-order valence-electron chi connectivity index (χ2n) is 5.82. The highest BCUT2D eigenvalue weighted by Gasteiger charge is 2.25. The molecule has 0 unspecified atom stereocenters. The lowest BCUT2D eigenvalue weighted by Crippen LogP contribution is -2.24. The van der Waals surface area contributed by atoms with Gasteiger partial charge >= 0.3 is 0 Å². The molecule has 2 aliphatic carbocycles. The van der Waals surface area contributed by atoms with E-state index in [9.17, 15) is 4.79 Å². The second-order valence-corrected chi connectivity index (χ2v) is 6.91. The minimum Gasteiger partial charge on any atom is -0.349 e. The van der Waals surface area contributed by atoms with Crippen molar-refractivity contribution >= 4 is 27.3 Å². The van der Waals surface area contributed by atoms with Gasteiger partial charge in [0.05, 0.1) is 9.58 Å². The van der Waals surface area contributed by atoms with E-state index in [1.807, 2.05) is 6.07 Å². The summed E-state index contributed by atoms with van der Waals surface area (Å²) in [6, 6.07) is 3.17. The molecule has 0 radical (unpaired) electrons. The van der Waals surface area contributed by atoms with Crippen LogP contribution in [0, 0.1) is 0 Å². The van der Waals surface area contributed by atoms with Gasteiger partial charge in [-0.1, -0.05) is 12.8 Å². The lowest BCUT2D eigenvalue weighted by molar-refractivity contribution is 0.0955. The minimum atomic E-state index is 0.108. The standard InChI is InChI=1S/C15H18N2OS/c18-15(16-11-5-6-11)13-7-10-8-17(9-14(10)19-13)12-3-1-2-4-12/h7-9,11-12H,1-6H2,(H,16,18). The third-order valence-corrected chi connectivity index (χ3v) is 5.31. The lowest BCUT2D eigenvalue weighted by Gasteiger charge is -2.10. The summed E-state index contributed by atoms with van der Waals surface area (Å²) < 4.78 is 3.60. The van der Waals surface area contributed by atoms with Gasteiger partial charge in [-0.2, -0.15) is 0 Å². The van der Waals surface area contributed by atoms with Gasteiger partial charge in [-0.25, -0.2) is 0 Å². The van der Waals surface area contributed by atoms with Gasteiger partial charge in [-0.15, -0.1) is 11.3 Å². The van der Waals surface area contributed by atoms with Crippen molar-refractivity contribution in [2.24, 2.45) is 0 Å². The van der Waals surface area contributed by atoms with Crippen LogP contribution in [0.3, 0.4) is 0 Å². The van der Waals surface area contributed by atoms with Crippen molar-refractivity contribution in [2.75, 3.05) is 0 Å². The van der Waals surface area contributed by atoms with Gasteiger partial charge in [-0.05, 0) is 31.7 Å². The molecule has 2 saturated carbocycles. The number of carbonyl (C=O) groups excluding carboxylic acids is 1. The number of hydrogen-bond acceptors (Lipinski definition) is 2. The van der Waals surface area contributed by atoms with Crippen molar-refractivity contribution in [3.05, 3.63) is 23.3 Å². The molecule has 0 bridgehead atoms. The maximum Gasteiger partial charge on any atom is 0.261 e. The first-order valence-corrected chi connectivity index (χ1v) is 8.03. The normalized spacial score (nSPS) is 20.2. The number of thiophene rings is 1. The van der Waals surface area contributed by atoms with Crippen LogP contribution < -0.4 is 5.32 Å². The Morgan fingerprint density at radius 1 is 1.21 bits per heavy atom. The third-order valence-electron chi connectivity index (χ3n) is 4.23. The van der Waals surface area contributed by atoms with E-state index in [4.69, 9.17) is 0 Å². The van der Waals surface area contributed by atoms with Crippen molar-refractivity contribution in [3.8, 4) is 0 Å². The molecule has 2 heterocycles. The number of amides is 1. The molecule has 0 spiro atoms. The van der Waals surface area contributed by atoms with Crippen LogP contribution in [0.15, 0.2) is 18.5 Å². The quantitative estimate of drug-likeness (QED) is 0.909. The Balaban J connectivity index is 1.58. The zero-order chi connectivity index (χ0) is 12.8. The maximum atomic E-state index is 12.0. The van der Waals surface area contributed by atoms with Gasteiger partial charge in [0.25, 0.3) is 5.91 Å². The minimum absolute atomic E-state index is 0.108. The van der Waals surface area contributed by atoms with E-state index in [2.05, 4.69) is 22.3 Å². The summed E-state index contributed by atoms with van der Waals surface area (Å²) in [6.45, 7) is 0. The van der Waals surface area contributed by atoms with Crippen LogP contribution in [0.4, 0.5) is 0 Å². The first-order valence-electron chi connectivity index (χ1n) is 7.21. The summed E-state index contributed by atoms with van der Waals surface area (Å²) in [4.78, 5) is 12.9. The summed E-state index contributed by atoms with van der Waals surface area (Å²) in [5.74, 6) is 0.108. The van der Waals surface area contributed by atoms with Crippen LogP contribution in [0.1, 0.15) is 54.2 Å². The van der Waals surface area contributed by atoms with Crippen molar-refractivity contribution in [2.45, 2.75) is 50.6 Å². The average molecular weight is 274 g/mol. The molecule has 0 aliphatic heterocycles. The van der Waals surface area contributed by atoms with Crippen LogP contribution in [0.2, 0.25) is 0 Å². The zero-order valence-electron chi connectivity index (χ0n) is 10.9. The average Bonchev–Trinajstić information content (AvgIpc) is 2.85. The van der Waals surface area contributed by atoms with Gasteiger partial charge in [0.2, 0.25) is 0 Å². The molecule has 3 nitrogen and oxygen atoms in total. The highest BCUT2D eigenvalue weighted by Crippen LogP contribution is 2.34. The van der Waals surface area contributed by atoms with Crippen molar-refractivity contribution in [1.82, 2.24) is 9.88 Å². The SMILES string of the molecule is O=C(NC1CC1)c1cc2cn(C3CCCC3)cc2s1. The Bertz CT molecular complexity index is 586. The van der Waals surface area contributed by atoms with Gasteiger partial charge in [0.1, 0.15) is 0 Å². The Labute approximate surface area is 116 Å². The topological polar surface area (TPSA) is 34.0 Å². The van der Waals surface area contributed by atoms with E-state index in [0.717, 1.165) is 17.7 Å². The zero-order valence-corrected chi connectivity index (χ0v) is 11.7. The summed E-state index contributed by atoms with van der Waals surface area (Å²) in [5, 5.41) is 4.28.